The van der Waals surface area contributed by atoms with Gasteiger partial charge in [0.1, 0.15) is 5.00 Å². The van der Waals surface area contributed by atoms with Gasteiger partial charge in [-0.15, -0.1) is 11.3 Å². The normalized spacial score (nSPS) is 18.8. The van der Waals surface area contributed by atoms with E-state index in [1.807, 2.05) is 0 Å². The highest BCUT2D eigenvalue weighted by Crippen LogP contribution is 2.38. The Morgan fingerprint density at radius 1 is 1.30 bits per heavy atom. The second-order valence-corrected chi connectivity index (χ2v) is 7.48. The van der Waals surface area contributed by atoms with Gasteiger partial charge in [0.05, 0.1) is 12.1 Å². The van der Waals surface area contributed by atoms with E-state index in [4.69, 9.17) is 10.8 Å². The molecule has 1 aliphatic carbocycles. The quantitative estimate of drug-likeness (QED) is 0.746. The lowest BCUT2D eigenvalue weighted by molar-refractivity contribution is -0.117. The lowest BCUT2D eigenvalue weighted by atomic mass is 9.98. The van der Waals surface area contributed by atoms with Crippen LogP contribution in [0.5, 0.6) is 0 Å². The van der Waals surface area contributed by atoms with Gasteiger partial charge in [0.2, 0.25) is 5.91 Å². The van der Waals surface area contributed by atoms with Crippen LogP contribution in [0.3, 0.4) is 0 Å². The third-order valence-corrected chi connectivity index (χ3v) is 5.96. The number of hydrogen-bond acceptors (Lipinski definition) is 5. The van der Waals surface area contributed by atoms with E-state index in [9.17, 15) is 9.59 Å². The average Bonchev–Trinajstić information content (AvgIpc) is 3.07. The molecule has 0 aromatic carbocycles. The van der Waals surface area contributed by atoms with E-state index >= 15 is 0 Å². The van der Waals surface area contributed by atoms with E-state index in [0.29, 0.717) is 23.0 Å². The van der Waals surface area contributed by atoms with E-state index < -0.39 is 5.91 Å². The number of fused-ring (bicyclic) bond motifs is 1. The molecule has 0 spiro atoms. The molecule has 1 aromatic heterocycles. The highest BCUT2D eigenvalue weighted by atomic mass is 32.1. The molecule has 2 heterocycles. The van der Waals surface area contributed by atoms with Crippen LogP contribution in [0.2, 0.25) is 0 Å². The molecule has 0 bridgehead atoms. The SMILES string of the molecule is NC(=O)c1c(NC(=O)CN2CCC(CO)CC2)sc2c1CCC2. The molecular formula is C16H23N3O3S. The number of nitrogens with zero attached hydrogens (tertiary/aromatic N) is 1. The Labute approximate surface area is 139 Å². The number of aliphatic hydroxyl groups is 1. The minimum absolute atomic E-state index is 0.102. The van der Waals surface area contributed by atoms with E-state index in [-0.39, 0.29) is 12.5 Å². The van der Waals surface area contributed by atoms with E-state index in [1.54, 1.807) is 0 Å². The van der Waals surface area contributed by atoms with Crippen molar-refractivity contribution in [3.63, 3.8) is 0 Å². The van der Waals surface area contributed by atoms with Crippen LogP contribution in [-0.2, 0) is 17.6 Å². The fourth-order valence-corrected chi connectivity index (χ4v) is 4.76. The van der Waals surface area contributed by atoms with E-state index in [1.165, 1.54) is 16.2 Å². The number of aliphatic hydroxyl groups excluding tert-OH is 1. The summed E-state index contributed by atoms with van der Waals surface area (Å²) in [4.78, 5) is 27.3. The minimum Gasteiger partial charge on any atom is -0.396 e. The van der Waals surface area contributed by atoms with Crippen molar-refractivity contribution < 1.29 is 14.7 Å². The second-order valence-electron chi connectivity index (χ2n) is 6.38. The van der Waals surface area contributed by atoms with Crippen molar-refractivity contribution >= 4 is 28.2 Å². The Morgan fingerprint density at radius 2 is 2.04 bits per heavy atom. The summed E-state index contributed by atoms with van der Waals surface area (Å²) in [6.07, 6.45) is 4.72. The van der Waals surface area contributed by atoms with Crippen molar-refractivity contribution in [3.8, 4) is 0 Å². The van der Waals surface area contributed by atoms with Crippen LogP contribution in [0, 0.1) is 5.92 Å². The molecule has 2 aliphatic rings. The first kappa shape index (κ1) is 16.4. The van der Waals surface area contributed by atoms with Gasteiger partial charge < -0.3 is 16.2 Å². The predicted octanol–water partition coefficient (Wildman–Crippen LogP) is 0.978. The monoisotopic (exact) mass is 337 g/mol. The molecule has 126 valence electrons. The molecule has 0 unspecified atom stereocenters. The summed E-state index contributed by atoms with van der Waals surface area (Å²) in [5.74, 6) is -0.200. The fourth-order valence-electron chi connectivity index (χ4n) is 3.45. The highest BCUT2D eigenvalue weighted by Gasteiger charge is 2.27. The Hall–Kier alpha value is -1.44. The van der Waals surface area contributed by atoms with Crippen molar-refractivity contribution in [2.45, 2.75) is 32.1 Å². The first-order valence-corrected chi connectivity index (χ1v) is 8.97. The number of piperidine rings is 1. The van der Waals surface area contributed by atoms with Gasteiger partial charge in [-0.05, 0) is 56.7 Å². The van der Waals surface area contributed by atoms with Crippen LogP contribution in [0.4, 0.5) is 5.00 Å². The van der Waals surface area contributed by atoms with Crippen molar-refractivity contribution in [1.29, 1.82) is 0 Å². The number of primary amides is 1. The summed E-state index contributed by atoms with van der Waals surface area (Å²) < 4.78 is 0. The number of carbonyl (C=O) groups excluding carboxylic acids is 2. The Kier molecular flexibility index (Phi) is 4.99. The van der Waals surface area contributed by atoms with Crippen molar-refractivity contribution in [2.75, 3.05) is 31.6 Å². The van der Waals surface area contributed by atoms with Gasteiger partial charge >= 0.3 is 0 Å². The highest BCUT2D eigenvalue weighted by molar-refractivity contribution is 7.17. The predicted molar refractivity (Wildman–Crippen MR) is 89.7 cm³/mol. The van der Waals surface area contributed by atoms with Crippen LogP contribution >= 0.6 is 11.3 Å². The summed E-state index contributed by atoms with van der Waals surface area (Å²) in [5, 5.41) is 12.6. The molecule has 7 heteroatoms. The summed E-state index contributed by atoms with van der Waals surface area (Å²) in [6.45, 7) is 2.19. The molecule has 2 amide bonds. The maximum atomic E-state index is 12.3. The van der Waals surface area contributed by atoms with E-state index in [0.717, 1.165) is 50.8 Å². The molecule has 4 N–H and O–H groups in total. The third-order valence-electron chi connectivity index (χ3n) is 4.75. The Balaban J connectivity index is 1.61. The summed E-state index contributed by atoms with van der Waals surface area (Å²) >= 11 is 1.49. The summed E-state index contributed by atoms with van der Waals surface area (Å²) in [6, 6.07) is 0. The number of likely N-dealkylation sites (tertiary alicyclic amines) is 1. The fraction of sp³-hybridized carbons (Fsp3) is 0.625. The van der Waals surface area contributed by atoms with Gasteiger partial charge in [0.15, 0.2) is 0 Å². The zero-order chi connectivity index (χ0) is 16.4. The van der Waals surface area contributed by atoms with Crippen molar-refractivity contribution in [3.05, 3.63) is 16.0 Å². The molecule has 0 saturated carbocycles. The summed E-state index contributed by atoms with van der Waals surface area (Å²) in [5.41, 5.74) is 7.04. The zero-order valence-electron chi connectivity index (χ0n) is 13.1. The molecule has 0 atom stereocenters. The molecule has 1 fully saturated rings. The lowest BCUT2D eigenvalue weighted by Gasteiger charge is -2.30. The topological polar surface area (TPSA) is 95.7 Å². The van der Waals surface area contributed by atoms with Crippen LogP contribution in [0.25, 0.3) is 0 Å². The van der Waals surface area contributed by atoms with Gasteiger partial charge in [0.25, 0.3) is 5.91 Å². The number of thiophene rings is 1. The number of nitrogens with two attached hydrogens (primary N) is 1. The van der Waals surface area contributed by atoms with Gasteiger partial charge in [-0.25, -0.2) is 0 Å². The van der Waals surface area contributed by atoms with Crippen LogP contribution in [-0.4, -0.2) is 48.1 Å². The smallest absolute Gasteiger partial charge is 0.251 e. The molecule has 1 aliphatic heterocycles. The standard InChI is InChI=1S/C16H23N3O3S/c17-15(22)14-11-2-1-3-12(11)23-16(14)18-13(21)8-19-6-4-10(9-20)5-7-19/h10,20H,1-9H2,(H2,17,22)(H,18,21). The first-order valence-electron chi connectivity index (χ1n) is 8.16. The minimum atomic E-state index is -0.455. The molecule has 23 heavy (non-hydrogen) atoms. The number of rotatable bonds is 5. The van der Waals surface area contributed by atoms with Crippen LogP contribution in [0.15, 0.2) is 0 Å². The van der Waals surface area contributed by atoms with Gasteiger partial charge in [-0.3, -0.25) is 14.5 Å². The van der Waals surface area contributed by atoms with Crippen LogP contribution < -0.4 is 11.1 Å². The average molecular weight is 337 g/mol. The molecule has 1 aromatic rings. The number of anilines is 1. The maximum absolute atomic E-state index is 12.3. The van der Waals surface area contributed by atoms with Crippen LogP contribution in [0.1, 0.15) is 40.1 Å². The molecule has 1 saturated heterocycles. The number of hydrogen-bond donors (Lipinski definition) is 3. The largest absolute Gasteiger partial charge is 0.396 e. The number of carbonyl (C=O) groups is 2. The molecular weight excluding hydrogens is 314 g/mol. The lowest BCUT2D eigenvalue weighted by Crippen LogP contribution is -2.39. The Morgan fingerprint density at radius 3 is 2.70 bits per heavy atom. The first-order chi connectivity index (χ1) is 11.1. The molecule has 6 nitrogen and oxygen atoms in total. The van der Waals surface area contributed by atoms with Gasteiger partial charge in [0, 0.05) is 11.5 Å². The molecule has 3 rings (SSSR count). The maximum Gasteiger partial charge on any atom is 0.251 e. The Bertz CT molecular complexity index is 606. The van der Waals surface area contributed by atoms with Gasteiger partial charge in [-0.1, -0.05) is 0 Å². The number of aryl methyl sites for hydroxylation is 1. The number of nitrogens with one attached hydrogen (secondary N) is 1. The third kappa shape index (κ3) is 3.57. The van der Waals surface area contributed by atoms with Gasteiger partial charge in [-0.2, -0.15) is 0 Å². The molecule has 0 radical (unpaired) electrons. The zero-order valence-corrected chi connectivity index (χ0v) is 14.0. The summed E-state index contributed by atoms with van der Waals surface area (Å²) in [7, 11) is 0. The van der Waals surface area contributed by atoms with Crippen molar-refractivity contribution in [1.82, 2.24) is 4.90 Å². The van der Waals surface area contributed by atoms with E-state index in [2.05, 4.69) is 10.2 Å². The second kappa shape index (κ2) is 6.98. The number of amides is 2. The van der Waals surface area contributed by atoms with Crippen molar-refractivity contribution in [2.24, 2.45) is 11.7 Å².